The first-order chi connectivity index (χ1) is 9.15. The maximum absolute atomic E-state index is 9.42. The zero-order valence-corrected chi connectivity index (χ0v) is 12.9. The molecule has 1 N–H and O–H groups in total. The largest absolute Gasteiger partial charge is 0.391 e. The Labute approximate surface area is 119 Å². The first-order valence-electron chi connectivity index (χ1n) is 7.12. The molecule has 0 amide bonds. The molecule has 0 aliphatic carbocycles. The fraction of sp³-hybridized carbons (Fsp3) is 0.786. The smallest absolute Gasteiger partial charge is 0.185 e. The number of aromatic nitrogens is 1. The fourth-order valence-electron chi connectivity index (χ4n) is 2.50. The molecule has 19 heavy (non-hydrogen) atoms. The molecule has 2 heterocycles. The molecule has 1 aliphatic rings. The van der Waals surface area contributed by atoms with Crippen LogP contribution in [0, 0.1) is 0 Å². The first kappa shape index (κ1) is 14.8. The van der Waals surface area contributed by atoms with E-state index >= 15 is 0 Å². The lowest BCUT2D eigenvalue weighted by Gasteiger charge is -2.31. The van der Waals surface area contributed by atoms with Crippen LogP contribution in [0.5, 0.6) is 0 Å². The minimum absolute atomic E-state index is 0.0978. The normalized spacial score (nSPS) is 17.4. The van der Waals surface area contributed by atoms with Crippen molar-refractivity contribution >= 4 is 16.5 Å². The Morgan fingerprint density at radius 2 is 2.11 bits per heavy atom. The molecule has 1 aromatic heterocycles. The number of aliphatic hydroxyl groups is 1. The lowest BCUT2D eigenvalue weighted by molar-refractivity contribution is 0.0459. The molecule has 0 radical (unpaired) electrons. The number of rotatable bonds is 5. The maximum Gasteiger partial charge on any atom is 0.185 e. The van der Waals surface area contributed by atoms with E-state index in [4.69, 9.17) is 9.72 Å². The predicted molar refractivity (Wildman–Crippen MR) is 79.0 cm³/mol. The molecule has 5 heteroatoms. The zero-order chi connectivity index (χ0) is 13.8. The van der Waals surface area contributed by atoms with Crippen LogP contribution in [0.1, 0.15) is 50.1 Å². The summed E-state index contributed by atoms with van der Waals surface area (Å²) in [5, 5.41) is 10.5. The molecular weight excluding hydrogens is 260 g/mol. The summed E-state index contributed by atoms with van der Waals surface area (Å²) in [6, 6.07) is 0. The summed E-state index contributed by atoms with van der Waals surface area (Å²) in [6.45, 7) is 9.20. The lowest BCUT2D eigenvalue weighted by atomic mass is 10.1. The van der Waals surface area contributed by atoms with Gasteiger partial charge in [0.15, 0.2) is 5.13 Å². The number of hydrogen-bond acceptors (Lipinski definition) is 5. The quantitative estimate of drug-likeness (QED) is 0.903. The van der Waals surface area contributed by atoms with Gasteiger partial charge in [-0.05, 0) is 25.7 Å². The summed E-state index contributed by atoms with van der Waals surface area (Å²) >= 11 is 1.63. The van der Waals surface area contributed by atoms with Crippen LogP contribution in [0.15, 0.2) is 0 Å². The second kappa shape index (κ2) is 6.68. The van der Waals surface area contributed by atoms with Gasteiger partial charge in [-0.2, -0.15) is 0 Å². The predicted octanol–water partition coefficient (Wildman–Crippen LogP) is 2.76. The second-order valence-electron chi connectivity index (χ2n) is 5.26. The third-order valence-electron chi connectivity index (χ3n) is 3.52. The molecule has 108 valence electrons. The Kier molecular flexibility index (Phi) is 5.19. The Hall–Kier alpha value is -0.650. The molecule has 1 aromatic rings. The van der Waals surface area contributed by atoms with Crippen molar-refractivity contribution in [2.75, 3.05) is 24.6 Å². The number of nitrogens with zero attached hydrogens (tertiary/aromatic N) is 2. The van der Waals surface area contributed by atoms with Gasteiger partial charge in [-0.1, -0.05) is 25.2 Å². The van der Waals surface area contributed by atoms with Crippen molar-refractivity contribution in [2.45, 2.75) is 52.2 Å². The Balaban J connectivity index is 2.03. The molecule has 4 nitrogen and oxygen atoms in total. The lowest BCUT2D eigenvalue weighted by Crippen LogP contribution is -2.37. The molecule has 0 bridgehead atoms. The van der Waals surface area contributed by atoms with E-state index in [0.29, 0.717) is 12.0 Å². The monoisotopic (exact) mass is 284 g/mol. The van der Waals surface area contributed by atoms with E-state index in [0.717, 1.165) is 48.2 Å². The average Bonchev–Trinajstić information content (AvgIpc) is 2.84. The SMILES string of the molecule is CCOC1CCN(c2nc(C(C)C)c(CO)s2)CC1. The summed E-state index contributed by atoms with van der Waals surface area (Å²) in [7, 11) is 0. The van der Waals surface area contributed by atoms with Crippen LogP contribution in [0.2, 0.25) is 0 Å². The van der Waals surface area contributed by atoms with Gasteiger partial charge in [0.05, 0.1) is 23.3 Å². The highest BCUT2D eigenvalue weighted by Crippen LogP contribution is 2.32. The van der Waals surface area contributed by atoms with E-state index in [2.05, 4.69) is 25.7 Å². The van der Waals surface area contributed by atoms with Crippen LogP contribution in [-0.2, 0) is 11.3 Å². The van der Waals surface area contributed by atoms with E-state index in [1.54, 1.807) is 11.3 Å². The number of aliphatic hydroxyl groups excluding tert-OH is 1. The number of thiazole rings is 1. The van der Waals surface area contributed by atoms with Gasteiger partial charge in [0.25, 0.3) is 0 Å². The van der Waals surface area contributed by atoms with Crippen molar-refractivity contribution in [1.29, 1.82) is 0 Å². The van der Waals surface area contributed by atoms with E-state index in [-0.39, 0.29) is 6.61 Å². The van der Waals surface area contributed by atoms with Crippen LogP contribution < -0.4 is 4.90 Å². The highest BCUT2D eigenvalue weighted by atomic mass is 32.1. The summed E-state index contributed by atoms with van der Waals surface area (Å²) in [4.78, 5) is 8.05. The van der Waals surface area contributed by atoms with Crippen LogP contribution in [0.3, 0.4) is 0 Å². The van der Waals surface area contributed by atoms with Gasteiger partial charge < -0.3 is 14.7 Å². The minimum atomic E-state index is 0.0978. The van der Waals surface area contributed by atoms with Gasteiger partial charge in [0, 0.05) is 19.7 Å². The molecule has 0 aromatic carbocycles. The van der Waals surface area contributed by atoms with E-state index in [1.807, 2.05) is 0 Å². The van der Waals surface area contributed by atoms with Gasteiger partial charge >= 0.3 is 0 Å². The van der Waals surface area contributed by atoms with Crippen LogP contribution in [0.25, 0.3) is 0 Å². The van der Waals surface area contributed by atoms with Gasteiger partial charge in [-0.25, -0.2) is 4.98 Å². The number of anilines is 1. The Bertz CT molecular complexity index is 398. The first-order valence-corrected chi connectivity index (χ1v) is 7.94. The number of hydrogen-bond donors (Lipinski definition) is 1. The third kappa shape index (κ3) is 3.46. The Morgan fingerprint density at radius 3 is 2.58 bits per heavy atom. The molecule has 1 saturated heterocycles. The summed E-state index contributed by atoms with van der Waals surface area (Å²) in [5.74, 6) is 0.369. The number of piperidine rings is 1. The maximum atomic E-state index is 9.42. The molecular formula is C14H24N2O2S. The highest BCUT2D eigenvalue weighted by molar-refractivity contribution is 7.15. The molecule has 1 aliphatic heterocycles. The topological polar surface area (TPSA) is 45.6 Å². The third-order valence-corrected chi connectivity index (χ3v) is 4.64. The van der Waals surface area contributed by atoms with E-state index < -0.39 is 0 Å². The molecule has 2 rings (SSSR count). The van der Waals surface area contributed by atoms with Gasteiger partial charge in [-0.3, -0.25) is 0 Å². The van der Waals surface area contributed by atoms with Crippen LogP contribution in [0.4, 0.5) is 5.13 Å². The average molecular weight is 284 g/mol. The van der Waals surface area contributed by atoms with Crippen molar-refractivity contribution in [3.63, 3.8) is 0 Å². The van der Waals surface area contributed by atoms with Crippen molar-refractivity contribution in [3.05, 3.63) is 10.6 Å². The highest BCUT2D eigenvalue weighted by Gasteiger charge is 2.23. The Morgan fingerprint density at radius 1 is 1.42 bits per heavy atom. The van der Waals surface area contributed by atoms with Gasteiger partial charge in [-0.15, -0.1) is 0 Å². The second-order valence-corrected chi connectivity index (χ2v) is 6.32. The summed E-state index contributed by atoms with van der Waals surface area (Å²) in [6.07, 6.45) is 2.54. The van der Waals surface area contributed by atoms with Crippen LogP contribution >= 0.6 is 11.3 Å². The number of ether oxygens (including phenoxy) is 1. The molecule has 0 atom stereocenters. The van der Waals surface area contributed by atoms with Crippen molar-refractivity contribution < 1.29 is 9.84 Å². The van der Waals surface area contributed by atoms with Gasteiger partial charge in [0.1, 0.15) is 0 Å². The standard InChI is InChI=1S/C14H24N2O2S/c1-4-18-11-5-7-16(8-6-11)14-15-13(10(2)3)12(9-17)19-14/h10-11,17H,4-9H2,1-3H3. The van der Waals surface area contributed by atoms with E-state index in [1.165, 1.54) is 0 Å². The molecule has 0 spiro atoms. The van der Waals surface area contributed by atoms with Crippen molar-refractivity contribution in [1.82, 2.24) is 4.98 Å². The summed E-state index contributed by atoms with van der Waals surface area (Å²) in [5.41, 5.74) is 1.05. The summed E-state index contributed by atoms with van der Waals surface area (Å²) < 4.78 is 5.67. The van der Waals surface area contributed by atoms with Crippen molar-refractivity contribution in [3.8, 4) is 0 Å². The minimum Gasteiger partial charge on any atom is -0.391 e. The van der Waals surface area contributed by atoms with Crippen LogP contribution in [-0.4, -0.2) is 35.9 Å². The zero-order valence-electron chi connectivity index (χ0n) is 12.1. The molecule has 1 fully saturated rings. The van der Waals surface area contributed by atoms with E-state index in [9.17, 15) is 5.11 Å². The van der Waals surface area contributed by atoms with Gasteiger partial charge in [0.2, 0.25) is 0 Å². The molecule has 0 unspecified atom stereocenters. The molecule has 0 saturated carbocycles. The van der Waals surface area contributed by atoms with Crippen molar-refractivity contribution in [2.24, 2.45) is 0 Å². The fourth-order valence-corrected chi connectivity index (χ4v) is 3.63.